The molecule has 1 atom stereocenters. The standard InChI is InChI=1S/C7H10N2O2S2/c1-5(2-3-6(10)11)12-7-8-4-9-13-7/h4-5H,2-3H2,1H3,(H,10,11). The zero-order valence-electron chi connectivity index (χ0n) is 7.14. The molecule has 0 aliphatic heterocycles. The lowest BCUT2D eigenvalue weighted by Gasteiger charge is -2.05. The molecule has 1 aromatic rings. The van der Waals surface area contributed by atoms with Crippen LogP contribution in [0.15, 0.2) is 10.7 Å². The highest BCUT2D eigenvalue weighted by molar-refractivity contribution is 8.01. The molecule has 0 aromatic carbocycles. The van der Waals surface area contributed by atoms with Gasteiger partial charge in [-0.3, -0.25) is 4.79 Å². The van der Waals surface area contributed by atoms with Crippen LogP contribution in [-0.2, 0) is 4.79 Å². The first-order chi connectivity index (χ1) is 6.18. The van der Waals surface area contributed by atoms with Crippen molar-refractivity contribution in [3.8, 4) is 0 Å². The van der Waals surface area contributed by atoms with Crippen molar-refractivity contribution in [2.75, 3.05) is 0 Å². The Morgan fingerprint density at radius 2 is 2.62 bits per heavy atom. The largest absolute Gasteiger partial charge is 0.481 e. The van der Waals surface area contributed by atoms with Crippen molar-refractivity contribution < 1.29 is 9.90 Å². The number of aliphatic carboxylic acids is 1. The molecule has 0 radical (unpaired) electrons. The van der Waals surface area contributed by atoms with E-state index in [9.17, 15) is 4.79 Å². The van der Waals surface area contributed by atoms with Crippen molar-refractivity contribution in [1.29, 1.82) is 0 Å². The summed E-state index contributed by atoms with van der Waals surface area (Å²) in [5.74, 6) is -0.746. The van der Waals surface area contributed by atoms with Gasteiger partial charge in [0.1, 0.15) is 6.33 Å². The van der Waals surface area contributed by atoms with Gasteiger partial charge in [0.25, 0.3) is 0 Å². The number of carboxylic acids is 1. The molecule has 1 rings (SSSR count). The molecule has 72 valence electrons. The van der Waals surface area contributed by atoms with E-state index in [0.29, 0.717) is 6.42 Å². The number of carboxylic acid groups (broad SMARTS) is 1. The summed E-state index contributed by atoms with van der Waals surface area (Å²) in [7, 11) is 0. The summed E-state index contributed by atoms with van der Waals surface area (Å²) in [4.78, 5) is 14.3. The number of carbonyl (C=O) groups is 1. The molecular formula is C7H10N2O2S2. The highest BCUT2D eigenvalue weighted by Gasteiger charge is 2.08. The fraction of sp³-hybridized carbons (Fsp3) is 0.571. The van der Waals surface area contributed by atoms with Gasteiger partial charge < -0.3 is 5.11 Å². The van der Waals surface area contributed by atoms with Gasteiger partial charge >= 0.3 is 5.97 Å². The molecule has 4 nitrogen and oxygen atoms in total. The van der Waals surface area contributed by atoms with E-state index < -0.39 is 5.97 Å². The van der Waals surface area contributed by atoms with Gasteiger partial charge in [-0.15, -0.1) is 0 Å². The van der Waals surface area contributed by atoms with Crippen molar-refractivity contribution >= 4 is 29.3 Å². The molecule has 0 saturated carbocycles. The van der Waals surface area contributed by atoms with Gasteiger partial charge in [-0.1, -0.05) is 18.7 Å². The Morgan fingerprint density at radius 3 is 3.15 bits per heavy atom. The second kappa shape index (κ2) is 5.18. The molecule has 0 aliphatic carbocycles. The van der Waals surface area contributed by atoms with Gasteiger partial charge in [0.15, 0.2) is 4.34 Å². The van der Waals surface area contributed by atoms with Crippen molar-refractivity contribution in [3.05, 3.63) is 6.33 Å². The summed E-state index contributed by atoms with van der Waals surface area (Å²) in [6.07, 6.45) is 2.39. The lowest BCUT2D eigenvalue weighted by Crippen LogP contribution is -2.01. The summed E-state index contributed by atoms with van der Waals surface area (Å²) < 4.78 is 4.76. The van der Waals surface area contributed by atoms with E-state index in [0.717, 1.165) is 4.34 Å². The minimum atomic E-state index is -0.746. The number of hydrogen-bond donors (Lipinski definition) is 1. The Balaban J connectivity index is 2.25. The molecule has 0 saturated heterocycles. The fourth-order valence-corrected chi connectivity index (χ4v) is 2.53. The van der Waals surface area contributed by atoms with Gasteiger partial charge in [0.05, 0.1) is 0 Å². The minimum Gasteiger partial charge on any atom is -0.481 e. The van der Waals surface area contributed by atoms with E-state index in [1.165, 1.54) is 17.9 Å². The monoisotopic (exact) mass is 218 g/mol. The van der Waals surface area contributed by atoms with Crippen molar-refractivity contribution in [1.82, 2.24) is 9.36 Å². The first-order valence-electron chi connectivity index (χ1n) is 3.83. The molecule has 1 unspecified atom stereocenters. The number of hydrogen-bond acceptors (Lipinski definition) is 5. The quantitative estimate of drug-likeness (QED) is 0.764. The SMILES string of the molecule is CC(CCC(=O)O)Sc1ncns1. The lowest BCUT2D eigenvalue weighted by molar-refractivity contribution is -0.137. The van der Waals surface area contributed by atoms with Crippen LogP contribution in [0.4, 0.5) is 0 Å². The molecule has 13 heavy (non-hydrogen) atoms. The molecule has 0 spiro atoms. The molecule has 1 aromatic heterocycles. The lowest BCUT2D eigenvalue weighted by atomic mass is 10.2. The second-order valence-electron chi connectivity index (χ2n) is 2.57. The average molecular weight is 218 g/mol. The summed E-state index contributed by atoms with van der Waals surface area (Å²) >= 11 is 2.91. The molecule has 0 aliphatic rings. The minimum absolute atomic E-state index is 0.215. The van der Waals surface area contributed by atoms with Crippen molar-refractivity contribution in [2.24, 2.45) is 0 Å². The highest BCUT2D eigenvalue weighted by Crippen LogP contribution is 2.26. The van der Waals surface area contributed by atoms with E-state index in [1.54, 1.807) is 11.8 Å². The molecular weight excluding hydrogens is 208 g/mol. The first kappa shape index (κ1) is 10.5. The average Bonchev–Trinajstić information content (AvgIpc) is 2.53. The third-order valence-corrected chi connectivity index (χ3v) is 3.33. The zero-order valence-corrected chi connectivity index (χ0v) is 8.77. The zero-order chi connectivity index (χ0) is 9.68. The summed E-state index contributed by atoms with van der Waals surface area (Å²) in [5, 5.41) is 8.74. The van der Waals surface area contributed by atoms with Gasteiger partial charge in [-0.2, -0.15) is 4.37 Å². The molecule has 1 N–H and O–H groups in total. The Labute approximate surface area is 84.6 Å². The number of aromatic nitrogens is 2. The molecule has 0 fully saturated rings. The summed E-state index contributed by atoms with van der Waals surface area (Å²) in [6, 6.07) is 0. The van der Waals surface area contributed by atoms with Crippen LogP contribution in [-0.4, -0.2) is 25.7 Å². The number of thioether (sulfide) groups is 1. The molecule has 1 heterocycles. The second-order valence-corrected chi connectivity index (χ2v) is 5.03. The van der Waals surface area contributed by atoms with Crippen molar-refractivity contribution in [2.45, 2.75) is 29.4 Å². The third kappa shape index (κ3) is 4.23. The van der Waals surface area contributed by atoms with Gasteiger partial charge in [-0.25, -0.2) is 4.98 Å². The van der Waals surface area contributed by atoms with Crippen LogP contribution in [0.3, 0.4) is 0 Å². The van der Waals surface area contributed by atoms with Crippen LogP contribution in [0.25, 0.3) is 0 Å². The Kier molecular flexibility index (Phi) is 4.17. The van der Waals surface area contributed by atoms with Gasteiger partial charge in [0.2, 0.25) is 0 Å². The summed E-state index contributed by atoms with van der Waals surface area (Å²) in [5.41, 5.74) is 0. The maximum absolute atomic E-state index is 10.3. The van der Waals surface area contributed by atoms with E-state index in [4.69, 9.17) is 5.11 Å². The van der Waals surface area contributed by atoms with Gasteiger partial charge in [0, 0.05) is 11.7 Å². The van der Waals surface area contributed by atoms with Crippen LogP contribution in [0, 0.1) is 0 Å². The third-order valence-electron chi connectivity index (χ3n) is 1.41. The predicted molar refractivity (Wildman–Crippen MR) is 52.1 cm³/mol. The Hall–Kier alpha value is -0.620. The number of nitrogens with zero attached hydrogens (tertiary/aromatic N) is 2. The maximum atomic E-state index is 10.3. The smallest absolute Gasteiger partial charge is 0.303 e. The van der Waals surface area contributed by atoms with Crippen molar-refractivity contribution in [3.63, 3.8) is 0 Å². The van der Waals surface area contributed by atoms with Gasteiger partial charge in [-0.05, 0) is 18.0 Å². The molecule has 6 heteroatoms. The fourth-order valence-electron chi connectivity index (χ4n) is 0.773. The molecule has 0 bridgehead atoms. The highest BCUT2D eigenvalue weighted by atomic mass is 32.2. The normalized spacial score (nSPS) is 12.7. The predicted octanol–water partition coefficient (Wildman–Crippen LogP) is 1.88. The van der Waals surface area contributed by atoms with E-state index in [2.05, 4.69) is 9.36 Å². The topological polar surface area (TPSA) is 63.1 Å². The summed E-state index contributed by atoms with van der Waals surface area (Å²) in [6.45, 7) is 2.00. The van der Waals surface area contributed by atoms with Crippen LogP contribution < -0.4 is 0 Å². The van der Waals surface area contributed by atoms with Crippen LogP contribution in [0.1, 0.15) is 19.8 Å². The van der Waals surface area contributed by atoms with E-state index in [1.807, 2.05) is 6.92 Å². The Bertz CT molecular complexity index is 263. The maximum Gasteiger partial charge on any atom is 0.303 e. The molecule has 0 amide bonds. The van der Waals surface area contributed by atoms with Crippen LogP contribution in [0.5, 0.6) is 0 Å². The number of rotatable bonds is 5. The first-order valence-corrected chi connectivity index (χ1v) is 5.49. The Morgan fingerprint density at radius 1 is 1.85 bits per heavy atom. The van der Waals surface area contributed by atoms with Crippen LogP contribution in [0.2, 0.25) is 0 Å². The van der Waals surface area contributed by atoms with E-state index >= 15 is 0 Å². The van der Waals surface area contributed by atoms with E-state index in [-0.39, 0.29) is 11.7 Å². The van der Waals surface area contributed by atoms with Crippen LogP contribution >= 0.6 is 23.3 Å².